The molecule has 2 heterocycles. The number of piperazine rings is 1. The molecule has 2 N–H and O–H groups in total. The van der Waals surface area contributed by atoms with Gasteiger partial charge in [0, 0.05) is 25.9 Å². The van der Waals surface area contributed by atoms with Crippen LogP contribution in [0.25, 0.3) is 0 Å². The quantitative estimate of drug-likeness (QED) is 0.259. The summed E-state index contributed by atoms with van der Waals surface area (Å²) in [5.74, 6) is 5.73. The van der Waals surface area contributed by atoms with Gasteiger partial charge in [0.2, 0.25) is 17.7 Å². The van der Waals surface area contributed by atoms with Crippen LogP contribution in [0.15, 0.2) is 85.5 Å². The summed E-state index contributed by atoms with van der Waals surface area (Å²) < 4.78 is 5.29. The van der Waals surface area contributed by atoms with Crippen LogP contribution >= 0.6 is 11.6 Å². The van der Waals surface area contributed by atoms with Crippen molar-refractivity contribution in [1.82, 2.24) is 19.8 Å². The second-order valence-electron chi connectivity index (χ2n) is 10.8. The summed E-state index contributed by atoms with van der Waals surface area (Å²) in [6.45, 7) is 4.49. The van der Waals surface area contributed by atoms with Gasteiger partial charge in [0.05, 0.1) is 25.2 Å². The maximum atomic E-state index is 14.2. The zero-order chi connectivity index (χ0) is 31.2. The first-order valence-electron chi connectivity index (χ1n) is 14.4. The number of carbonyl (C=O) groups is 3. The normalized spacial score (nSPS) is 18.7. The number of aryl methyl sites for hydroxylation is 1. The molecule has 3 amide bonds. The Morgan fingerprint density at radius 2 is 1.77 bits per heavy atom. The molecule has 10 nitrogen and oxygen atoms in total. The molecular formula is C33H36ClN5O5. The molecule has 0 aromatic heterocycles. The first-order chi connectivity index (χ1) is 21.3. The standard InChI is InChI=1S/C33H36ClN5O5/c1-3-17-37-22-32(41)38-28(19-24-9-13-26(44-35)14-10-24)33(42)36(20-25-11-15-29(43-2)27(34)18-25)21-30(38)39(37)31(40)16-12-23-7-5-4-6-8-23/h3-11,13-15,18,28,30H,1,12,16-17,19-22,35H2,2H3/t28-,30-/m0/s1. The van der Waals surface area contributed by atoms with E-state index in [1.807, 2.05) is 48.5 Å². The Bertz CT molecular complexity index is 1500. The van der Waals surface area contributed by atoms with Crippen LogP contribution in [0.2, 0.25) is 5.02 Å². The van der Waals surface area contributed by atoms with E-state index in [0.717, 1.165) is 16.7 Å². The first-order valence-corrected chi connectivity index (χ1v) is 14.8. The first kappa shape index (κ1) is 31.1. The van der Waals surface area contributed by atoms with E-state index in [1.54, 1.807) is 57.3 Å². The maximum Gasteiger partial charge on any atom is 0.246 e. The summed E-state index contributed by atoms with van der Waals surface area (Å²) >= 11 is 6.41. The number of benzene rings is 3. The number of nitrogens with two attached hydrogens (primary N) is 1. The van der Waals surface area contributed by atoms with Crippen molar-refractivity contribution in [3.63, 3.8) is 0 Å². The molecule has 3 aromatic carbocycles. The molecule has 44 heavy (non-hydrogen) atoms. The van der Waals surface area contributed by atoms with E-state index < -0.39 is 12.2 Å². The average Bonchev–Trinajstić information content (AvgIpc) is 3.03. The number of fused-ring (bicyclic) bond motifs is 1. The fourth-order valence-corrected chi connectivity index (χ4v) is 6.15. The highest BCUT2D eigenvalue weighted by Crippen LogP contribution is 2.31. The van der Waals surface area contributed by atoms with Gasteiger partial charge in [-0.3, -0.25) is 14.4 Å². The lowest BCUT2D eigenvalue weighted by Crippen LogP contribution is -2.75. The lowest BCUT2D eigenvalue weighted by molar-refractivity contribution is -0.205. The molecule has 2 aliphatic rings. The zero-order valence-corrected chi connectivity index (χ0v) is 25.4. The number of methoxy groups -OCH3 is 1. The molecule has 230 valence electrons. The second-order valence-corrected chi connectivity index (χ2v) is 11.2. The SMILES string of the molecule is C=CCN1CC(=O)N2[C@@H](Cc3ccc(ON)cc3)C(=O)N(Cc3ccc(OC)c(Cl)c3)C[C@@H]2N1C(=O)CCc1ccccc1. The molecular weight excluding hydrogens is 582 g/mol. The number of carbonyl (C=O) groups excluding carboxylic acids is 3. The van der Waals surface area contributed by atoms with Gasteiger partial charge < -0.3 is 19.4 Å². The van der Waals surface area contributed by atoms with Gasteiger partial charge in [0.25, 0.3) is 0 Å². The molecule has 2 saturated heterocycles. The van der Waals surface area contributed by atoms with Gasteiger partial charge in [0.1, 0.15) is 23.7 Å². The van der Waals surface area contributed by atoms with Crippen LogP contribution in [0.4, 0.5) is 0 Å². The Hall–Kier alpha value is -4.38. The van der Waals surface area contributed by atoms with Gasteiger partial charge in [-0.15, -0.1) is 6.58 Å². The predicted octanol–water partition coefficient (Wildman–Crippen LogP) is 3.59. The molecule has 0 aliphatic carbocycles. The number of rotatable bonds is 11. The summed E-state index contributed by atoms with van der Waals surface area (Å²) in [6, 6.07) is 21.4. The van der Waals surface area contributed by atoms with E-state index in [0.29, 0.717) is 29.5 Å². The Morgan fingerprint density at radius 3 is 2.43 bits per heavy atom. The molecule has 0 saturated carbocycles. The van der Waals surface area contributed by atoms with Crippen molar-refractivity contribution in [2.45, 2.75) is 38.0 Å². The van der Waals surface area contributed by atoms with Crippen molar-refractivity contribution in [1.29, 1.82) is 0 Å². The Kier molecular flexibility index (Phi) is 9.84. The summed E-state index contributed by atoms with van der Waals surface area (Å²) in [5.41, 5.74) is 2.66. The number of hydrogen-bond donors (Lipinski definition) is 1. The molecule has 5 rings (SSSR count). The smallest absolute Gasteiger partial charge is 0.246 e. The van der Waals surface area contributed by atoms with Crippen LogP contribution < -0.4 is 15.5 Å². The second kappa shape index (κ2) is 13.9. The van der Waals surface area contributed by atoms with Gasteiger partial charge >= 0.3 is 0 Å². The van der Waals surface area contributed by atoms with Crippen molar-refractivity contribution >= 4 is 29.3 Å². The van der Waals surface area contributed by atoms with E-state index in [4.69, 9.17) is 27.1 Å². The Labute approximate surface area is 262 Å². The van der Waals surface area contributed by atoms with E-state index >= 15 is 0 Å². The number of ether oxygens (including phenoxy) is 1. The van der Waals surface area contributed by atoms with Crippen molar-refractivity contribution in [3.8, 4) is 11.5 Å². The molecule has 0 unspecified atom stereocenters. The van der Waals surface area contributed by atoms with Crippen LogP contribution in [-0.4, -0.2) is 76.5 Å². The van der Waals surface area contributed by atoms with Crippen molar-refractivity contribution in [3.05, 3.63) is 107 Å². The lowest BCUT2D eigenvalue weighted by Gasteiger charge is -2.55. The third kappa shape index (κ3) is 6.72. The van der Waals surface area contributed by atoms with E-state index in [-0.39, 0.29) is 50.2 Å². The fraction of sp³-hybridized carbons (Fsp3) is 0.303. The average molecular weight is 618 g/mol. The molecule has 2 atom stereocenters. The number of halogens is 1. The highest BCUT2D eigenvalue weighted by Gasteiger charge is 2.51. The van der Waals surface area contributed by atoms with Gasteiger partial charge in [0.15, 0.2) is 0 Å². The molecule has 0 bridgehead atoms. The van der Waals surface area contributed by atoms with Crippen LogP contribution in [0.1, 0.15) is 23.1 Å². The molecule has 2 aliphatic heterocycles. The molecule has 0 spiro atoms. The predicted molar refractivity (Wildman–Crippen MR) is 166 cm³/mol. The van der Waals surface area contributed by atoms with Crippen LogP contribution in [0.5, 0.6) is 11.5 Å². The van der Waals surface area contributed by atoms with Crippen molar-refractivity contribution in [2.75, 3.05) is 26.7 Å². The maximum absolute atomic E-state index is 14.2. The van der Waals surface area contributed by atoms with Gasteiger partial charge in [-0.1, -0.05) is 66.2 Å². The van der Waals surface area contributed by atoms with Crippen molar-refractivity contribution in [2.24, 2.45) is 5.90 Å². The van der Waals surface area contributed by atoms with E-state index in [2.05, 4.69) is 6.58 Å². The zero-order valence-electron chi connectivity index (χ0n) is 24.6. The van der Waals surface area contributed by atoms with Crippen LogP contribution in [-0.2, 0) is 33.8 Å². The van der Waals surface area contributed by atoms with Gasteiger partial charge in [-0.25, -0.2) is 10.0 Å². The lowest BCUT2D eigenvalue weighted by atomic mass is 9.98. The molecule has 11 heteroatoms. The Morgan fingerprint density at radius 1 is 1.05 bits per heavy atom. The third-order valence-corrected chi connectivity index (χ3v) is 8.27. The summed E-state index contributed by atoms with van der Waals surface area (Å²) in [6.07, 6.45) is 2.00. The highest BCUT2D eigenvalue weighted by atomic mass is 35.5. The molecule has 0 radical (unpaired) electrons. The minimum Gasteiger partial charge on any atom is -0.495 e. The number of nitrogens with zero attached hydrogens (tertiary/aromatic N) is 4. The van der Waals surface area contributed by atoms with Gasteiger partial charge in [-0.2, -0.15) is 5.90 Å². The highest BCUT2D eigenvalue weighted by molar-refractivity contribution is 6.32. The topological polar surface area (TPSA) is 109 Å². The minimum absolute atomic E-state index is 0.0442. The number of amides is 3. The minimum atomic E-state index is -0.838. The van der Waals surface area contributed by atoms with Crippen LogP contribution in [0, 0.1) is 0 Å². The molecule has 3 aromatic rings. The van der Waals surface area contributed by atoms with Crippen molar-refractivity contribution < 1.29 is 24.0 Å². The van der Waals surface area contributed by atoms with Crippen LogP contribution in [0.3, 0.4) is 0 Å². The van der Waals surface area contributed by atoms with Gasteiger partial charge in [-0.05, 0) is 47.4 Å². The summed E-state index contributed by atoms with van der Waals surface area (Å²) in [5, 5.41) is 3.81. The fourth-order valence-electron chi connectivity index (χ4n) is 5.87. The van der Waals surface area contributed by atoms with E-state index in [1.165, 1.54) is 0 Å². The number of hydrogen-bond acceptors (Lipinski definition) is 7. The number of hydrazine groups is 1. The molecule has 2 fully saturated rings. The summed E-state index contributed by atoms with van der Waals surface area (Å²) in [4.78, 5) is 50.0. The summed E-state index contributed by atoms with van der Waals surface area (Å²) in [7, 11) is 1.54. The largest absolute Gasteiger partial charge is 0.495 e. The van der Waals surface area contributed by atoms with E-state index in [9.17, 15) is 14.4 Å². The monoisotopic (exact) mass is 617 g/mol. The third-order valence-electron chi connectivity index (χ3n) is 7.97. The Balaban J connectivity index is 1.49.